The van der Waals surface area contributed by atoms with Gasteiger partial charge in [0, 0.05) is 18.5 Å². The molecule has 0 spiro atoms. The summed E-state index contributed by atoms with van der Waals surface area (Å²) in [5.74, 6) is 1.39. The largest absolute Gasteiger partial charge is 0.493 e. The molecule has 160 valence electrons. The maximum absolute atomic E-state index is 11.2. The van der Waals surface area contributed by atoms with Crippen LogP contribution in [0.5, 0.6) is 5.75 Å². The Balaban J connectivity index is 1.43. The van der Waals surface area contributed by atoms with Gasteiger partial charge in [-0.15, -0.1) is 0 Å². The first-order valence-electron chi connectivity index (χ1n) is 10.5. The number of ether oxygens (including phenoxy) is 1. The molecular weight excluding hydrogens is 392 g/mol. The van der Waals surface area contributed by atoms with Gasteiger partial charge in [0.15, 0.2) is 0 Å². The van der Waals surface area contributed by atoms with Crippen LogP contribution in [0.15, 0.2) is 64.6 Å². The van der Waals surface area contributed by atoms with Crippen molar-refractivity contribution < 1.29 is 19.1 Å². The van der Waals surface area contributed by atoms with Crippen molar-refractivity contribution in [3.05, 3.63) is 77.2 Å². The molecule has 1 aromatic heterocycles. The van der Waals surface area contributed by atoms with Gasteiger partial charge in [-0.2, -0.15) is 0 Å². The zero-order valence-corrected chi connectivity index (χ0v) is 17.6. The molecule has 0 fully saturated rings. The summed E-state index contributed by atoms with van der Waals surface area (Å²) in [6.07, 6.45) is 1.51. The highest BCUT2D eigenvalue weighted by Gasteiger charge is 2.17. The average molecular weight is 418 g/mol. The van der Waals surface area contributed by atoms with E-state index in [0.29, 0.717) is 25.5 Å². The fourth-order valence-corrected chi connectivity index (χ4v) is 3.84. The minimum atomic E-state index is -0.804. The van der Waals surface area contributed by atoms with Crippen LogP contribution >= 0.6 is 0 Å². The van der Waals surface area contributed by atoms with Gasteiger partial charge in [0.2, 0.25) is 5.89 Å². The van der Waals surface area contributed by atoms with Gasteiger partial charge in [-0.05, 0) is 60.9 Å². The van der Waals surface area contributed by atoms with Crippen LogP contribution in [0.3, 0.4) is 0 Å². The Labute approximate surface area is 181 Å². The van der Waals surface area contributed by atoms with E-state index in [0.717, 1.165) is 52.4 Å². The van der Waals surface area contributed by atoms with E-state index in [1.807, 2.05) is 61.5 Å². The van der Waals surface area contributed by atoms with E-state index in [1.165, 1.54) is 0 Å². The first kappa shape index (κ1) is 20.9. The van der Waals surface area contributed by atoms with Crippen molar-refractivity contribution >= 4 is 11.5 Å². The molecule has 0 aliphatic carbocycles. The molecule has 3 aromatic rings. The summed E-state index contributed by atoms with van der Waals surface area (Å²) in [4.78, 5) is 15.8. The zero-order valence-electron chi connectivity index (χ0n) is 17.6. The summed E-state index contributed by atoms with van der Waals surface area (Å²) in [6, 6.07) is 17.7. The zero-order chi connectivity index (χ0) is 21.6. The van der Waals surface area contributed by atoms with Crippen molar-refractivity contribution in [2.75, 3.05) is 19.7 Å². The lowest BCUT2D eigenvalue weighted by molar-refractivity contribution is -0.136. The first-order valence-corrected chi connectivity index (χ1v) is 10.5. The highest BCUT2D eigenvalue weighted by Crippen LogP contribution is 2.29. The Kier molecular flexibility index (Phi) is 6.48. The van der Waals surface area contributed by atoms with Crippen molar-refractivity contribution in [2.45, 2.75) is 26.2 Å². The van der Waals surface area contributed by atoms with Crippen LogP contribution in [-0.2, 0) is 11.2 Å². The summed E-state index contributed by atoms with van der Waals surface area (Å²) in [5, 5.41) is 12.5. The van der Waals surface area contributed by atoms with Crippen LogP contribution in [-0.4, -0.2) is 35.8 Å². The number of rotatable bonds is 8. The second-order valence-corrected chi connectivity index (χ2v) is 7.59. The minimum Gasteiger partial charge on any atom is -0.493 e. The maximum Gasteiger partial charge on any atom is 0.307 e. The molecule has 6 nitrogen and oxygen atoms in total. The number of aromatic nitrogens is 1. The maximum atomic E-state index is 11.2. The highest BCUT2D eigenvalue weighted by molar-refractivity contribution is 5.78. The molecule has 1 aliphatic rings. The number of carboxylic acids is 1. The van der Waals surface area contributed by atoms with Crippen LogP contribution < -0.4 is 10.1 Å². The number of aliphatic carboxylic acids is 1. The van der Waals surface area contributed by atoms with Gasteiger partial charge < -0.3 is 19.6 Å². The fourth-order valence-electron chi connectivity index (χ4n) is 3.84. The quantitative estimate of drug-likeness (QED) is 0.561. The lowest BCUT2D eigenvalue weighted by atomic mass is 9.92. The van der Waals surface area contributed by atoms with Crippen LogP contribution in [0.25, 0.3) is 17.0 Å². The number of benzene rings is 2. The molecule has 0 radical (unpaired) electrons. The topological polar surface area (TPSA) is 84.6 Å². The van der Waals surface area contributed by atoms with Crippen molar-refractivity contribution in [1.82, 2.24) is 10.3 Å². The van der Waals surface area contributed by atoms with Crippen LogP contribution in [0, 0.1) is 6.92 Å². The third kappa shape index (κ3) is 5.22. The molecular formula is C25H26N2O4. The van der Waals surface area contributed by atoms with Crippen LogP contribution in [0.4, 0.5) is 0 Å². The van der Waals surface area contributed by atoms with Gasteiger partial charge in [-0.3, -0.25) is 4.79 Å². The van der Waals surface area contributed by atoms with Crippen LogP contribution in [0.2, 0.25) is 0 Å². The number of hydrogen-bond donors (Lipinski definition) is 2. The number of hydrogen-bond acceptors (Lipinski definition) is 5. The molecule has 4 rings (SSSR count). The number of carbonyl (C=O) groups is 1. The second-order valence-electron chi connectivity index (χ2n) is 7.59. The molecule has 0 atom stereocenters. The fraction of sp³-hybridized carbons (Fsp3) is 0.280. The van der Waals surface area contributed by atoms with Crippen LogP contribution in [0.1, 0.15) is 29.9 Å². The normalized spacial score (nSPS) is 14.0. The van der Waals surface area contributed by atoms with Crippen molar-refractivity contribution in [1.29, 1.82) is 0 Å². The second kappa shape index (κ2) is 9.62. The van der Waals surface area contributed by atoms with Crippen molar-refractivity contribution in [3.63, 3.8) is 0 Å². The van der Waals surface area contributed by atoms with Gasteiger partial charge >= 0.3 is 5.97 Å². The monoisotopic (exact) mass is 418 g/mol. The third-order valence-corrected chi connectivity index (χ3v) is 5.39. The van der Waals surface area contributed by atoms with E-state index in [1.54, 1.807) is 0 Å². The Bertz CT molecular complexity index is 1090. The summed E-state index contributed by atoms with van der Waals surface area (Å²) >= 11 is 0. The smallest absolute Gasteiger partial charge is 0.307 e. The molecule has 31 heavy (non-hydrogen) atoms. The third-order valence-electron chi connectivity index (χ3n) is 5.39. The first-order chi connectivity index (χ1) is 15.1. The van der Waals surface area contributed by atoms with E-state index in [-0.39, 0.29) is 6.42 Å². The number of nitrogens with one attached hydrogen (secondary N) is 1. The van der Waals surface area contributed by atoms with Gasteiger partial charge in [-0.1, -0.05) is 30.3 Å². The van der Waals surface area contributed by atoms with Crippen molar-refractivity contribution in [3.8, 4) is 17.2 Å². The van der Waals surface area contributed by atoms with E-state index in [2.05, 4.69) is 10.3 Å². The average Bonchev–Trinajstić information content (AvgIpc) is 3.15. The summed E-state index contributed by atoms with van der Waals surface area (Å²) < 4.78 is 11.8. The molecule has 6 heteroatoms. The molecule has 2 N–H and O–H groups in total. The minimum absolute atomic E-state index is 0.0581. The lowest BCUT2D eigenvalue weighted by Gasteiger charge is -2.21. The van der Waals surface area contributed by atoms with E-state index < -0.39 is 5.97 Å². The predicted octanol–water partition coefficient (Wildman–Crippen LogP) is 4.49. The number of oxazole rings is 1. The molecule has 0 saturated heterocycles. The molecule has 2 heterocycles. The number of nitrogens with zero attached hydrogens (tertiary/aromatic N) is 1. The molecule has 2 aromatic carbocycles. The van der Waals surface area contributed by atoms with Gasteiger partial charge in [-0.25, -0.2) is 4.98 Å². The Morgan fingerprint density at radius 1 is 1.16 bits per heavy atom. The summed E-state index contributed by atoms with van der Waals surface area (Å²) in [6.45, 7) is 3.86. The SMILES string of the molecule is Cc1oc(-c2ccccc2)nc1CCOc1cccc(C2=C(CC(=O)O)CNCC2)c1. The molecule has 0 saturated carbocycles. The molecule has 0 bridgehead atoms. The van der Waals surface area contributed by atoms with E-state index in [9.17, 15) is 9.90 Å². The van der Waals surface area contributed by atoms with Gasteiger partial charge in [0.05, 0.1) is 18.7 Å². The number of carboxylic acid groups (broad SMARTS) is 1. The van der Waals surface area contributed by atoms with Crippen molar-refractivity contribution in [2.24, 2.45) is 0 Å². The molecule has 0 amide bonds. The standard InChI is InChI=1S/C25H26N2O4/c1-17-23(27-25(31-17)18-6-3-2-4-7-18)11-13-30-21-9-5-8-19(14-21)22-10-12-26-16-20(22)15-24(28)29/h2-9,14,26H,10-13,15-16H2,1H3,(H,28,29). The Morgan fingerprint density at radius 3 is 2.77 bits per heavy atom. The molecule has 0 unspecified atom stereocenters. The van der Waals surface area contributed by atoms with Gasteiger partial charge in [0.25, 0.3) is 0 Å². The Hall–Kier alpha value is -3.38. The summed E-state index contributed by atoms with van der Waals surface area (Å²) in [7, 11) is 0. The van der Waals surface area contributed by atoms with Gasteiger partial charge in [0.1, 0.15) is 11.5 Å². The number of aryl methyl sites for hydroxylation is 1. The van der Waals surface area contributed by atoms with E-state index in [4.69, 9.17) is 9.15 Å². The highest BCUT2D eigenvalue weighted by atomic mass is 16.5. The summed E-state index contributed by atoms with van der Waals surface area (Å²) in [5.41, 5.74) is 4.91. The Morgan fingerprint density at radius 2 is 1.97 bits per heavy atom. The van der Waals surface area contributed by atoms with E-state index >= 15 is 0 Å². The lowest BCUT2D eigenvalue weighted by Crippen LogP contribution is -2.25. The predicted molar refractivity (Wildman–Crippen MR) is 119 cm³/mol. The molecule has 1 aliphatic heterocycles.